The van der Waals surface area contributed by atoms with E-state index in [1.165, 1.54) is 13.2 Å². The molecule has 7 heteroatoms. The first-order valence-electron chi connectivity index (χ1n) is 6.31. The Hall–Kier alpha value is -2.73. The van der Waals surface area contributed by atoms with Gasteiger partial charge in [0.25, 0.3) is 5.91 Å². The number of nitrogens with one attached hydrogen (secondary N) is 2. The van der Waals surface area contributed by atoms with Crippen molar-refractivity contribution in [2.75, 3.05) is 17.7 Å². The summed E-state index contributed by atoms with van der Waals surface area (Å²) in [6.07, 6.45) is 0. The molecule has 0 atom stereocenters. The molecule has 0 fully saturated rings. The standard InChI is InChI=1S/C15H14ClN3O3/c1-22-13-7-2-9(16)8-12(13)14(20)18-10-3-5-11(6-4-10)19-15(17)21/h2-8H,1H3,(H,18,20)(H3,17,19,21). The summed E-state index contributed by atoms with van der Waals surface area (Å²) in [6.45, 7) is 0. The van der Waals surface area contributed by atoms with E-state index in [4.69, 9.17) is 22.1 Å². The molecule has 0 spiro atoms. The predicted octanol–water partition coefficient (Wildman–Crippen LogP) is 3.09. The van der Waals surface area contributed by atoms with E-state index >= 15 is 0 Å². The number of urea groups is 1. The molecule has 3 amide bonds. The average Bonchev–Trinajstić information content (AvgIpc) is 2.48. The van der Waals surface area contributed by atoms with E-state index in [1.807, 2.05) is 0 Å². The number of carbonyl (C=O) groups is 2. The molecule has 0 unspecified atom stereocenters. The fourth-order valence-electron chi connectivity index (χ4n) is 1.84. The molecule has 0 bridgehead atoms. The molecule has 114 valence electrons. The maximum atomic E-state index is 12.3. The van der Waals surface area contributed by atoms with Crippen LogP contribution in [0.15, 0.2) is 42.5 Å². The number of benzene rings is 2. The van der Waals surface area contributed by atoms with Crippen LogP contribution in [0.5, 0.6) is 5.75 Å². The summed E-state index contributed by atoms with van der Waals surface area (Å²) in [4.78, 5) is 23.0. The van der Waals surface area contributed by atoms with Crippen LogP contribution in [0.25, 0.3) is 0 Å². The summed E-state index contributed by atoms with van der Waals surface area (Å²) in [5.74, 6) is 0.0730. The Morgan fingerprint density at radius 2 is 1.64 bits per heavy atom. The number of ether oxygens (including phenoxy) is 1. The summed E-state index contributed by atoms with van der Waals surface area (Å²) in [6, 6.07) is 10.7. The van der Waals surface area contributed by atoms with Gasteiger partial charge in [-0.25, -0.2) is 4.79 Å². The minimum absolute atomic E-state index is 0.328. The van der Waals surface area contributed by atoms with Crippen LogP contribution < -0.4 is 21.1 Å². The van der Waals surface area contributed by atoms with E-state index in [-0.39, 0.29) is 5.91 Å². The molecule has 0 aliphatic heterocycles. The van der Waals surface area contributed by atoms with Crippen molar-refractivity contribution in [1.82, 2.24) is 0 Å². The summed E-state index contributed by atoms with van der Waals surface area (Å²) >= 11 is 5.90. The van der Waals surface area contributed by atoms with Crippen molar-refractivity contribution in [2.45, 2.75) is 0 Å². The van der Waals surface area contributed by atoms with Crippen molar-refractivity contribution in [2.24, 2.45) is 5.73 Å². The monoisotopic (exact) mass is 319 g/mol. The van der Waals surface area contributed by atoms with Gasteiger partial charge in [-0.15, -0.1) is 0 Å². The zero-order valence-corrected chi connectivity index (χ0v) is 12.5. The van der Waals surface area contributed by atoms with Gasteiger partial charge in [-0.3, -0.25) is 4.79 Å². The number of nitrogens with two attached hydrogens (primary N) is 1. The molecular weight excluding hydrogens is 306 g/mol. The van der Waals surface area contributed by atoms with Gasteiger partial charge in [-0.05, 0) is 42.5 Å². The van der Waals surface area contributed by atoms with Crippen molar-refractivity contribution in [3.05, 3.63) is 53.1 Å². The lowest BCUT2D eigenvalue weighted by Crippen LogP contribution is -2.19. The second-order valence-electron chi connectivity index (χ2n) is 4.37. The number of primary amides is 1. The third-order valence-electron chi connectivity index (χ3n) is 2.82. The third kappa shape index (κ3) is 3.89. The highest BCUT2D eigenvalue weighted by atomic mass is 35.5. The Morgan fingerprint density at radius 1 is 1.05 bits per heavy atom. The molecule has 2 aromatic carbocycles. The molecule has 0 saturated heterocycles. The second kappa shape index (κ2) is 6.82. The summed E-state index contributed by atoms with van der Waals surface area (Å²) in [7, 11) is 1.48. The summed E-state index contributed by atoms with van der Waals surface area (Å²) in [5.41, 5.74) is 6.44. The molecule has 0 saturated carbocycles. The Labute approximate surface area is 132 Å². The minimum Gasteiger partial charge on any atom is -0.496 e. The summed E-state index contributed by atoms with van der Waals surface area (Å²) < 4.78 is 5.14. The van der Waals surface area contributed by atoms with Crippen molar-refractivity contribution in [3.63, 3.8) is 0 Å². The molecule has 6 nitrogen and oxygen atoms in total. The molecule has 0 aliphatic carbocycles. The fourth-order valence-corrected chi connectivity index (χ4v) is 2.01. The molecular formula is C15H14ClN3O3. The van der Waals surface area contributed by atoms with E-state index in [2.05, 4.69) is 10.6 Å². The Kier molecular flexibility index (Phi) is 4.85. The largest absolute Gasteiger partial charge is 0.496 e. The fraction of sp³-hybridized carbons (Fsp3) is 0.0667. The van der Waals surface area contributed by atoms with Crippen LogP contribution in [0.1, 0.15) is 10.4 Å². The molecule has 4 N–H and O–H groups in total. The van der Waals surface area contributed by atoms with Crippen molar-refractivity contribution < 1.29 is 14.3 Å². The third-order valence-corrected chi connectivity index (χ3v) is 3.05. The molecule has 0 radical (unpaired) electrons. The maximum absolute atomic E-state index is 12.3. The summed E-state index contributed by atoms with van der Waals surface area (Å²) in [5, 5.41) is 5.59. The number of hydrogen-bond donors (Lipinski definition) is 3. The first kappa shape index (κ1) is 15.7. The SMILES string of the molecule is COc1ccc(Cl)cc1C(=O)Nc1ccc(NC(N)=O)cc1. The van der Waals surface area contributed by atoms with Crippen LogP contribution in [-0.2, 0) is 0 Å². The molecule has 2 aromatic rings. The van der Waals surface area contributed by atoms with E-state index in [0.29, 0.717) is 27.7 Å². The van der Waals surface area contributed by atoms with E-state index in [0.717, 1.165) is 0 Å². The number of methoxy groups -OCH3 is 1. The Balaban J connectivity index is 2.15. The van der Waals surface area contributed by atoms with Gasteiger partial charge in [0.2, 0.25) is 0 Å². The Morgan fingerprint density at radius 3 is 2.18 bits per heavy atom. The number of hydrogen-bond acceptors (Lipinski definition) is 3. The van der Waals surface area contributed by atoms with Gasteiger partial charge in [0, 0.05) is 16.4 Å². The average molecular weight is 320 g/mol. The van der Waals surface area contributed by atoms with Crippen molar-refractivity contribution >= 4 is 34.9 Å². The van der Waals surface area contributed by atoms with Crippen molar-refractivity contribution in [3.8, 4) is 5.75 Å². The van der Waals surface area contributed by atoms with Crippen LogP contribution >= 0.6 is 11.6 Å². The van der Waals surface area contributed by atoms with Gasteiger partial charge in [-0.2, -0.15) is 0 Å². The first-order chi connectivity index (χ1) is 10.5. The number of halogens is 1. The second-order valence-corrected chi connectivity index (χ2v) is 4.80. The van der Waals surface area contributed by atoms with Gasteiger partial charge in [0.05, 0.1) is 12.7 Å². The van der Waals surface area contributed by atoms with Gasteiger partial charge in [0.15, 0.2) is 0 Å². The first-order valence-corrected chi connectivity index (χ1v) is 6.69. The van der Waals surface area contributed by atoms with Gasteiger partial charge >= 0.3 is 6.03 Å². The zero-order chi connectivity index (χ0) is 16.1. The lowest BCUT2D eigenvalue weighted by molar-refractivity contribution is 0.102. The molecule has 0 aliphatic rings. The molecule has 22 heavy (non-hydrogen) atoms. The number of carbonyl (C=O) groups excluding carboxylic acids is 2. The highest BCUT2D eigenvalue weighted by Crippen LogP contribution is 2.24. The van der Waals surface area contributed by atoms with E-state index in [1.54, 1.807) is 36.4 Å². The number of anilines is 2. The van der Waals surface area contributed by atoms with Crippen molar-refractivity contribution in [1.29, 1.82) is 0 Å². The van der Waals surface area contributed by atoms with E-state index in [9.17, 15) is 9.59 Å². The van der Waals surface area contributed by atoms with Crippen LogP contribution in [0.4, 0.5) is 16.2 Å². The normalized spacial score (nSPS) is 9.91. The molecule has 0 heterocycles. The van der Waals surface area contributed by atoms with Crippen LogP contribution in [-0.4, -0.2) is 19.0 Å². The quantitative estimate of drug-likeness (QED) is 0.808. The molecule has 0 aromatic heterocycles. The lowest BCUT2D eigenvalue weighted by Gasteiger charge is -2.10. The smallest absolute Gasteiger partial charge is 0.316 e. The van der Waals surface area contributed by atoms with Gasteiger partial charge < -0.3 is 21.1 Å². The topological polar surface area (TPSA) is 93.4 Å². The van der Waals surface area contributed by atoms with Gasteiger partial charge in [-0.1, -0.05) is 11.6 Å². The highest BCUT2D eigenvalue weighted by Gasteiger charge is 2.13. The van der Waals surface area contributed by atoms with E-state index < -0.39 is 6.03 Å². The number of rotatable bonds is 4. The Bertz CT molecular complexity index is 702. The van der Waals surface area contributed by atoms with Gasteiger partial charge in [0.1, 0.15) is 5.75 Å². The minimum atomic E-state index is -0.652. The lowest BCUT2D eigenvalue weighted by atomic mass is 10.1. The van der Waals surface area contributed by atoms with Crippen LogP contribution in [0, 0.1) is 0 Å². The zero-order valence-electron chi connectivity index (χ0n) is 11.7. The maximum Gasteiger partial charge on any atom is 0.316 e. The number of amides is 3. The molecule has 2 rings (SSSR count). The predicted molar refractivity (Wildman–Crippen MR) is 85.6 cm³/mol. The van der Waals surface area contributed by atoms with Crippen LogP contribution in [0.2, 0.25) is 5.02 Å². The van der Waals surface area contributed by atoms with Crippen LogP contribution in [0.3, 0.4) is 0 Å². The highest BCUT2D eigenvalue weighted by molar-refractivity contribution is 6.31.